The first kappa shape index (κ1) is 23.1. The lowest BCUT2D eigenvalue weighted by Gasteiger charge is -2.33. The van der Waals surface area contributed by atoms with Crippen LogP contribution >= 0.6 is 0 Å². The maximum atomic E-state index is 12.2. The van der Waals surface area contributed by atoms with Crippen molar-refractivity contribution in [1.29, 1.82) is 0 Å². The molecule has 0 aliphatic heterocycles. The molecule has 0 saturated heterocycles. The van der Waals surface area contributed by atoms with Crippen molar-refractivity contribution in [3.8, 4) is 22.4 Å². The van der Waals surface area contributed by atoms with Crippen LogP contribution in [0.4, 0.5) is 4.79 Å². The van der Waals surface area contributed by atoms with E-state index in [0.29, 0.717) is 17.8 Å². The third-order valence-electron chi connectivity index (χ3n) is 5.77. The summed E-state index contributed by atoms with van der Waals surface area (Å²) < 4.78 is 0. The second kappa shape index (κ2) is 9.06. The van der Waals surface area contributed by atoms with E-state index in [-0.39, 0.29) is 5.78 Å². The number of amides is 1. The van der Waals surface area contributed by atoms with E-state index < -0.39 is 11.6 Å². The van der Waals surface area contributed by atoms with Crippen LogP contribution in [0.3, 0.4) is 0 Å². The maximum absolute atomic E-state index is 12.2. The Kier molecular flexibility index (Phi) is 6.16. The van der Waals surface area contributed by atoms with Gasteiger partial charge in [0.05, 0.1) is 11.2 Å². The van der Waals surface area contributed by atoms with Crippen molar-refractivity contribution in [3.05, 3.63) is 84.2 Å². The molecule has 2 aromatic heterocycles. The standard InChI is InChI=1S/C28H27N3O3/c1-18(32)25-23-16-22(20-8-6-5-7-9-20)26(30-24(23)14-15-29-25)21-12-10-19(11-13-21)17-31(27(33)34)28(2,3)4/h5-16H,17H2,1-4H3,(H,33,34). The molecule has 6 nitrogen and oxygen atoms in total. The first-order chi connectivity index (χ1) is 16.1. The molecule has 0 radical (unpaired) electrons. The van der Waals surface area contributed by atoms with Crippen molar-refractivity contribution in [2.45, 2.75) is 39.8 Å². The van der Waals surface area contributed by atoms with E-state index in [0.717, 1.165) is 33.3 Å². The van der Waals surface area contributed by atoms with Crippen molar-refractivity contribution >= 4 is 22.8 Å². The van der Waals surface area contributed by atoms with Crippen LogP contribution in [-0.4, -0.2) is 37.4 Å². The van der Waals surface area contributed by atoms with Gasteiger partial charge < -0.3 is 5.11 Å². The Labute approximate surface area is 198 Å². The number of carboxylic acid groups (broad SMARTS) is 1. The van der Waals surface area contributed by atoms with Gasteiger partial charge in [0.15, 0.2) is 5.78 Å². The first-order valence-corrected chi connectivity index (χ1v) is 11.1. The highest BCUT2D eigenvalue weighted by molar-refractivity contribution is 6.06. The molecule has 0 fully saturated rings. The summed E-state index contributed by atoms with van der Waals surface area (Å²) in [7, 11) is 0. The fourth-order valence-electron chi connectivity index (χ4n) is 3.98. The van der Waals surface area contributed by atoms with Gasteiger partial charge in [-0.05, 0) is 44.0 Å². The van der Waals surface area contributed by atoms with Gasteiger partial charge in [-0.25, -0.2) is 9.78 Å². The molecule has 0 unspecified atom stereocenters. The van der Waals surface area contributed by atoms with E-state index in [1.807, 2.05) is 87.5 Å². The van der Waals surface area contributed by atoms with Crippen LogP contribution in [0.2, 0.25) is 0 Å². The predicted molar refractivity (Wildman–Crippen MR) is 134 cm³/mol. The average Bonchev–Trinajstić information content (AvgIpc) is 2.81. The minimum absolute atomic E-state index is 0.106. The van der Waals surface area contributed by atoms with Gasteiger partial charge in [0.1, 0.15) is 5.69 Å². The number of hydrogen-bond acceptors (Lipinski definition) is 4. The van der Waals surface area contributed by atoms with Gasteiger partial charge in [0, 0.05) is 41.7 Å². The molecule has 172 valence electrons. The minimum atomic E-state index is -0.950. The van der Waals surface area contributed by atoms with E-state index in [1.54, 1.807) is 6.20 Å². The third-order valence-corrected chi connectivity index (χ3v) is 5.77. The SMILES string of the molecule is CC(=O)c1nccc2nc(-c3ccc(CN(C(=O)O)C(C)(C)C)cc3)c(-c3ccccc3)cc12. The van der Waals surface area contributed by atoms with E-state index in [9.17, 15) is 14.7 Å². The lowest BCUT2D eigenvalue weighted by Crippen LogP contribution is -2.44. The number of rotatable bonds is 5. The second-order valence-corrected chi connectivity index (χ2v) is 9.27. The molecule has 0 aliphatic rings. The predicted octanol–water partition coefficient (Wildman–Crippen LogP) is 6.44. The Morgan fingerprint density at radius 1 is 0.941 bits per heavy atom. The monoisotopic (exact) mass is 453 g/mol. The number of carbonyl (C=O) groups is 2. The van der Waals surface area contributed by atoms with Crippen LogP contribution in [0.25, 0.3) is 33.3 Å². The highest BCUT2D eigenvalue weighted by Crippen LogP contribution is 2.34. The molecule has 4 aromatic rings. The molecule has 0 aliphatic carbocycles. The summed E-state index contributed by atoms with van der Waals surface area (Å²) in [4.78, 5) is 34.5. The zero-order valence-electron chi connectivity index (χ0n) is 19.7. The number of carbonyl (C=O) groups excluding carboxylic acids is 1. The third kappa shape index (κ3) is 4.66. The van der Waals surface area contributed by atoms with Crippen molar-refractivity contribution in [1.82, 2.24) is 14.9 Å². The van der Waals surface area contributed by atoms with Crippen molar-refractivity contribution in [3.63, 3.8) is 0 Å². The van der Waals surface area contributed by atoms with Gasteiger partial charge >= 0.3 is 6.09 Å². The topological polar surface area (TPSA) is 83.4 Å². The maximum Gasteiger partial charge on any atom is 0.408 e. The average molecular weight is 454 g/mol. The molecule has 2 aromatic carbocycles. The van der Waals surface area contributed by atoms with Gasteiger partial charge in [-0.1, -0.05) is 54.6 Å². The van der Waals surface area contributed by atoms with E-state index in [1.165, 1.54) is 11.8 Å². The second-order valence-electron chi connectivity index (χ2n) is 9.27. The normalized spacial score (nSPS) is 11.4. The van der Waals surface area contributed by atoms with Crippen LogP contribution in [0.15, 0.2) is 72.9 Å². The molecule has 6 heteroatoms. The van der Waals surface area contributed by atoms with Crippen LogP contribution in [0, 0.1) is 0 Å². The Morgan fingerprint density at radius 2 is 1.62 bits per heavy atom. The molecule has 1 N–H and O–H groups in total. The Hall–Kier alpha value is -4.06. The molecule has 0 atom stereocenters. The zero-order chi connectivity index (χ0) is 24.5. The van der Waals surface area contributed by atoms with Gasteiger partial charge in [-0.15, -0.1) is 0 Å². The lowest BCUT2D eigenvalue weighted by atomic mass is 9.96. The van der Waals surface area contributed by atoms with Gasteiger partial charge in [-0.3, -0.25) is 14.7 Å². The summed E-state index contributed by atoms with van der Waals surface area (Å²) in [6.07, 6.45) is 0.655. The van der Waals surface area contributed by atoms with Crippen LogP contribution in [-0.2, 0) is 6.54 Å². The fourth-order valence-corrected chi connectivity index (χ4v) is 3.98. The number of nitrogens with zero attached hydrogens (tertiary/aromatic N) is 3. The molecular weight excluding hydrogens is 426 g/mol. The summed E-state index contributed by atoms with van der Waals surface area (Å²) in [5, 5.41) is 10.3. The number of pyridine rings is 2. The zero-order valence-corrected chi connectivity index (χ0v) is 19.7. The summed E-state index contributed by atoms with van der Waals surface area (Å²) in [6.45, 7) is 7.44. The van der Waals surface area contributed by atoms with Gasteiger partial charge in [0.2, 0.25) is 0 Å². The van der Waals surface area contributed by atoms with Gasteiger partial charge in [0.25, 0.3) is 0 Å². The molecule has 0 spiro atoms. The molecule has 0 bridgehead atoms. The highest BCUT2D eigenvalue weighted by atomic mass is 16.4. The first-order valence-electron chi connectivity index (χ1n) is 11.1. The van der Waals surface area contributed by atoms with E-state index >= 15 is 0 Å². The number of Topliss-reactive ketones (excluding diaryl/α,β-unsaturated/α-hetero) is 1. The van der Waals surface area contributed by atoms with Crippen LogP contribution < -0.4 is 0 Å². The van der Waals surface area contributed by atoms with Crippen molar-refractivity contribution < 1.29 is 14.7 Å². The molecule has 34 heavy (non-hydrogen) atoms. The molecule has 2 heterocycles. The number of ketones is 1. The quantitative estimate of drug-likeness (QED) is 0.351. The van der Waals surface area contributed by atoms with Crippen LogP contribution in [0.5, 0.6) is 0 Å². The summed E-state index contributed by atoms with van der Waals surface area (Å²) >= 11 is 0. The molecule has 1 amide bonds. The fraction of sp³-hybridized carbons (Fsp3) is 0.214. The number of aromatic nitrogens is 2. The van der Waals surface area contributed by atoms with Crippen LogP contribution in [0.1, 0.15) is 43.7 Å². The summed E-state index contributed by atoms with van der Waals surface area (Å²) in [6, 6.07) is 21.5. The molecule has 4 rings (SSSR count). The lowest BCUT2D eigenvalue weighted by molar-refractivity contribution is 0.0954. The van der Waals surface area contributed by atoms with Gasteiger partial charge in [-0.2, -0.15) is 0 Å². The summed E-state index contributed by atoms with van der Waals surface area (Å²) in [5.41, 5.74) is 5.07. The minimum Gasteiger partial charge on any atom is -0.465 e. The van der Waals surface area contributed by atoms with E-state index in [2.05, 4.69) is 4.98 Å². The Bertz CT molecular complexity index is 1360. The highest BCUT2D eigenvalue weighted by Gasteiger charge is 2.26. The molecular formula is C28H27N3O3. The van der Waals surface area contributed by atoms with Crippen molar-refractivity contribution in [2.75, 3.05) is 0 Å². The van der Waals surface area contributed by atoms with E-state index in [4.69, 9.17) is 4.98 Å². The van der Waals surface area contributed by atoms with Crippen molar-refractivity contribution in [2.24, 2.45) is 0 Å². The Morgan fingerprint density at radius 3 is 2.21 bits per heavy atom. The number of benzene rings is 2. The molecule has 0 saturated carbocycles. The smallest absolute Gasteiger partial charge is 0.408 e. The Balaban J connectivity index is 1.82. The summed E-state index contributed by atoms with van der Waals surface area (Å²) in [5.74, 6) is -0.106. The number of hydrogen-bond donors (Lipinski definition) is 1. The number of fused-ring (bicyclic) bond motifs is 1. The largest absolute Gasteiger partial charge is 0.465 e.